The Balaban J connectivity index is 0.000000291. The van der Waals surface area contributed by atoms with E-state index in [-0.39, 0.29) is 7.13 Å². The number of benzene rings is 5. The van der Waals surface area contributed by atoms with Crippen LogP contribution in [0.3, 0.4) is 0 Å². The molecule has 0 atom stereocenters. The van der Waals surface area contributed by atoms with Crippen LogP contribution < -0.4 is 21.9 Å². The summed E-state index contributed by atoms with van der Waals surface area (Å²) in [4.78, 5) is 0. The summed E-state index contributed by atoms with van der Waals surface area (Å²) in [7, 11) is -1.77. The van der Waals surface area contributed by atoms with Gasteiger partial charge in [-0.1, -0.05) is 92.1 Å². The van der Waals surface area contributed by atoms with Crippen LogP contribution in [0.1, 0.15) is 161 Å². The minimum atomic E-state index is -0.559. The smallest absolute Gasteiger partial charge is 0.399 e. The molecule has 79 heavy (non-hydrogen) atoms. The van der Waals surface area contributed by atoms with E-state index in [4.69, 9.17) is 43.7 Å². The van der Waals surface area contributed by atoms with Crippen molar-refractivity contribution in [3.05, 3.63) is 114 Å². The van der Waals surface area contributed by atoms with Gasteiger partial charge >= 0.3 is 28.5 Å². The van der Waals surface area contributed by atoms with Crippen LogP contribution >= 0.6 is 0 Å². The van der Waals surface area contributed by atoms with Gasteiger partial charge in [0.15, 0.2) is 0 Å². The first kappa shape index (κ1) is 56.8. The highest BCUT2D eigenvalue weighted by atomic mass is 16.7. The van der Waals surface area contributed by atoms with Crippen LogP contribution in [-0.2, 0) is 49.1 Å². The zero-order valence-corrected chi connectivity index (χ0v) is 50.0. The van der Waals surface area contributed by atoms with Crippen LogP contribution in [0.5, 0.6) is 0 Å². The van der Waals surface area contributed by atoms with Crippen molar-refractivity contribution in [2.45, 2.75) is 194 Å². The molecule has 6 aromatic rings. The number of terminal acetylenes is 1. The Morgan fingerprint density at radius 2 is 0.772 bits per heavy atom. The van der Waals surface area contributed by atoms with Crippen molar-refractivity contribution < 1.29 is 44.4 Å². The summed E-state index contributed by atoms with van der Waals surface area (Å²) in [5.41, 5.74) is 9.35. The van der Waals surface area contributed by atoms with Gasteiger partial charge in [-0.3, -0.25) is 0 Å². The number of hydrogen-bond donors (Lipinski definition) is 0. The molecule has 0 amide bonds. The average Bonchev–Trinajstić information content (AvgIpc) is 2.23. The lowest BCUT2D eigenvalue weighted by Crippen LogP contribution is -2.41. The number of aromatic nitrogens is 1. The van der Waals surface area contributed by atoms with E-state index in [1.54, 1.807) is 0 Å². The molecular formula is C66H87B4NO8. The second-order valence-corrected chi connectivity index (χ2v) is 26.4. The van der Waals surface area contributed by atoms with Gasteiger partial charge in [0.25, 0.3) is 0 Å². The first-order valence-electron chi connectivity index (χ1n) is 28.2. The normalized spacial score (nSPS) is 21.6. The maximum Gasteiger partial charge on any atom is 0.494 e. The lowest BCUT2D eigenvalue weighted by atomic mass is 9.75. The summed E-state index contributed by atoms with van der Waals surface area (Å²) in [5, 5.41) is 2.31. The van der Waals surface area contributed by atoms with Crippen molar-refractivity contribution >= 4 is 72.1 Å². The van der Waals surface area contributed by atoms with Gasteiger partial charge < -0.3 is 41.8 Å². The van der Waals surface area contributed by atoms with Gasteiger partial charge in [-0.25, -0.2) is 0 Å². The van der Waals surface area contributed by atoms with E-state index >= 15 is 0 Å². The number of nitrogens with zero attached hydrogens (tertiary/aromatic N) is 1. The Morgan fingerprint density at radius 3 is 1.11 bits per heavy atom. The Morgan fingerprint density at radius 1 is 0.430 bits per heavy atom. The standard InChI is InChI=1S/C34H43B2NO4.C32H34B2O4.5H2/c1-10-11-12-23-13-17-26(18-14-23)37-29-19-15-24(35-38-31(2,3)32(4,5)39-35)21-27(29)28-22-25(16-20-30(28)37)36-40-33(6,7)34(8,9)41-36;1-11-12-13-14-19-32(10)26-17-15-22(33-35-28(2,3)29(4,5)36-33)20-24(26)25-21-23(16-18-27(25)32)34-37-30(6,7)31(8,9)38-34;;;;;/h13-22H,10-12H2,1-9H3;1,15-18,20-21H,2-10H3;5*1H. The van der Waals surface area contributed by atoms with Crippen LogP contribution in [0.15, 0.2) is 97.1 Å². The lowest BCUT2D eigenvalue weighted by molar-refractivity contribution is 0.00578. The van der Waals surface area contributed by atoms with Gasteiger partial charge in [0.05, 0.1) is 61.3 Å². The SMILES string of the molecule is C#CC#CC#CC1(C)c2ccc(B3OC(C)(C)C(C)(C)O3)cc2-c2cc(B3OC(C)(C)C(C)(C)O3)ccc21.CCCCc1ccc(-n2c3ccc(B4OC(C)(C)C(C)(C)O4)cc3c3cc(B4OC(C)(C)C(C)(C)O4)ccc32)cc1.[HH].[HH].[HH].[HH].[HH]. The van der Waals surface area contributed by atoms with E-state index in [2.05, 4.69) is 256 Å². The fourth-order valence-electron chi connectivity index (χ4n) is 11.0. The maximum absolute atomic E-state index is 6.43. The molecule has 9 nitrogen and oxygen atoms in total. The molecule has 0 saturated carbocycles. The van der Waals surface area contributed by atoms with E-state index in [9.17, 15) is 0 Å². The molecule has 5 aromatic carbocycles. The Bertz CT molecular complexity index is 3340. The third kappa shape index (κ3) is 9.83. The zero-order chi connectivity index (χ0) is 57.1. The fourth-order valence-corrected chi connectivity index (χ4v) is 11.0. The van der Waals surface area contributed by atoms with Crippen molar-refractivity contribution in [3.63, 3.8) is 0 Å². The number of fused-ring (bicyclic) bond motifs is 6. The zero-order valence-electron chi connectivity index (χ0n) is 50.0. The molecule has 4 saturated heterocycles. The predicted molar refractivity (Wildman–Crippen MR) is 336 cm³/mol. The molecule has 0 unspecified atom stereocenters. The first-order valence-corrected chi connectivity index (χ1v) is 28.2. The van der Waals surface area contributed by atoms with Crippen LogP contribution in [0.4, 0.5) is 0 Å². The molecule has 5 heterocycles. The van der Waals surface area contributed by atoms with Crippen molar-refractivity contribution in [2.24, 2.45) is 0 Å². The van der Waals surface area contributed by atoms with Gasteiger partial charge in [-0.2, -0.15) is 0 Å². The van der Waals surface area contributed by atoms with Crippen LogP contribution in [0, 0.1) is 36.0 Å². The molecule has 11 rings (SSSR count). The van der Waals surface area contributed by atoms with E-state index in [1.165, 1.54) is 18.4 Å². The highest BCUT2D eigenvalue weighted by Crippen LogP contribution is 2.49. The number of unbranched alkanes of at least 4 members (excludes halogenated alkanes) is 1. The molecule has 1 aliphatic carbocycles. The first-order chi connectivity index (χ1) is 36.8. The molecule has 0 N–H and O–H groups in total. The molecule has 4 aliphatic heterocycles. The fraction of sp³-hybridized carbons (Fsp3) is 0.455. The quantitative estimate of drug-likeness (QED) is 0.110. The monoisotopic (exact) mass is 1070 g/mol. The largest absolute Gasteiger partial charge is 0.494 e. The van der Waals surface area contributed by atoms with Crippen molar-refractivity contribution in [3.8, 4) is 52.8 Å². The molecule has 5 aliphatic rings. The molecule has 13 heteroatoms. The highest BCUT2D eigenvalue weighted by Gasteiger charge is 2.55. The topological polar surface area (TPSA) is 78.8 Å². The second kappa shape index (κ2) is 19.6. The third-order valence-electron chi connectivity index (χ3n) is 18.9. The summed E-state index contributed by atoms with van der Waals surface area (Å²) in [5.74, 6) is 14.1. The van der Waals surface area contributed by atoms with E-state index < -0.39 is 78.7 Å². The van der Waals surface area contributed by atoms with Crippen molar-refractivity contribution in [1.82, 2.24) is 4.57 Å². The van der Waals surface area contributed by atoms with Crippen LogP contribution in [0.25, 0.3) is 38.6 Å². The van der Waals surface area contributed by atoms with E-state index in [0.29, 0.717) is 0 Å². The number of aryl methyl sites for hydroxylation is 1. The van der Waals surface area contributed by atoms with Crippen molar-refractivity contribution in [2.75, 3.05) is 0 Å². The van der Waals surface area contributed by atoms with Gasteiger partial charge in [0, 0.05) is 23.6 Å². The molecule has 0 radical (unpaired) electrons. The van der Waals surface area contributed by atoms with Gasteiger partial charge in [0.2, 0.25) is 0 Å². The molecule has 4 fully saturated rings. The van der Waals surface area contributed by atoms with Crippen molar-refractivity contribution in [1.29, 1.82) is 0 Å². The maximum atomic E-state index is 6.43. The summed E-state index contributed by atoms with van der Waals surface area (Å²) >= 11 is 0. The second-order valence-electron chi connectivity index (χ2n) is 26.4. The van der Waals surface area contributed by atoms with Crippen LogP contribution in [-0.4, -0.2) is 77.8 Å². The number of rotatable bonds is 8. The highest BCUT2D eigenvalue weighted by molar-refractivity contribution is 6.64. The molecule has 416 valence electrons. The third-order valence-corrected chi connectivity index (χ3v) is 18.9. The summed E-state index contributed by atoms with van der Waals surface area (Å²) < 4.78 is 53.5. The lowest BCUT2D eigenvalue weighted by Gasteiger charge is -2.32. The number of hydrogen-bond acceptors (Lipinski definition) is 8. The van der Waals surface area contributed by atoms with Gasteiger partial charge in [0.1, 0.15) is 0 Å². The Kier molecular flexibility index (Phi) is 14.1. The minimum Gasteiger partial charge on any atom is -0.399 e. The average molecular weight is 1070 g/mol. The summed E-state index contributed by atoms with van der Waals surface area (Å²) in [6.45, 7) is 37.7. The molecular weight excluding hydrogens is 978 g/mol. The molecule has 0 spiro atoms. The Labute approximate surface area is 479 Å². The predicted octanol–water partition coefficient (Wildman–Crippen LogP) is 12.2. The van der Waals surface area contributed by atoms with Gasteiger partial charge in [-0.05, 0) is 228 Å². The molecule has 1 aromatic heterocycles. The Hall–Kier alpha value is -5.48. The van der Waals surface area contributed by atoms with E-state index in [0.717, 1.165) is 78.0 Å². The molecule has 0 bridgehead atoms. The summed E-state index contributed by atoms with van der Waals surface area (Å²) in [6, 6.07) is 34.9. The minimum absolute atomic E-state index is 0. The summed E-state index contributed by atoms with van der Waals surface area (Å²) in [6.07, 6.45) is 8.81. The van der Waals surface area contributed by atoms with E-state index in [1.807, 2.05) is 0 Å². The van der Waals surface area contributed by atoms with Crippen LogP contribution in [0.2, 0.25) is 0 Å². The van der Waals surface area contributed by atoms with Gasteiger partial charge in [-0.15, -0.1) is 6.42 Å².